The zero-order chi connectivity index (χ0) is 44.1. The number of aromatic nitrogens is 8. The van der Waals surface area contributed by atoms with Crippen LogP contribution in [0.1, 0.15) is 46.3 Å². The lowest BCUT2D eigenvalue weighted by molar-refractivity contribution is -0.122. The number of carbonyl (C=O) groups excluding carboxylic acids is 2. The Morgan fingerprint density at radius 3 is 1.98 bits per heavy atom. The predicted octanol–water partition coefficient (Wildman–Crippen LogP) is 0.911. The molecule has 0 spiro atoms. The molecular weight excluding hydrogens is 813 g/mol. The number of nitrogens with two attached hydrogens (primary N) is 2. The van der Waals surface area contributed by atoms with Gasteiger partial charge in [0.25, 0.3) is 5.91 Å². The first kappa shape index (κ1) is 46.1. The van der Waals surface area contributed by atoms with Gasteiger partial charge in [0.15, 0.2) is 0 Å². The number of amides is 2. The summed E-state index contributed by atoms with van der Waals surface area (Å²) in [6.45, 7) is 7.68. The summed E-state index contributed by atoms with van der Waals surface area (Å²) in [5.41, 5.74) is 15.0. The molecule has 63 heavy (non-hydrogen) atoms. The van der Waals surface area contributed by atoms with Gasteiger partial charge in [0.05, 0.1) is 69.7 Å². The normalized spacial score (nSPS) is 12.7. The van der Waals surface area contributed by atoms with Crippen LogP contribution in [0, 0.1) is 5.41 Å². The number of pyridine rings is 1. The van der Waals surface area contributed by atoms with Crippen LogP contribution in [-0.4, -0.2) is 156 Å². The Hall–Kier alpha value is -6.46. The highest BCUT2D eigenvalue weighted by atomic mass is 16.6. The molecule has 0 saturated carbocycles. The van der Waals surface area contributed by atoms with Gasteiger partial charge in [-0.2, -0.15) is 0 Å². The second-order valence-electron chi connectivity index (χ2n) is 14.3. The summed E-state index contributed by atoms with van der Waals surface area (Å²) in [6, 6.07) is 3.76. The number of nitrogen functional groups attached to an aromatic ring is 1. The van der Waals surface area contributed by atoms with E-state index in [1.54, 1.807) is 24.8 Å². The number of hydrogen-bond acceptors (Lipinski definition) is 19. The van der Waals surface area contributed by atoms with Crippen LogP contribution in [0.25, 0.3) is 11.0 Å². The third kappa shape index (κ3) is 14.3. The number of anilines is 4. The van der Waals surface area contributed by atoms with Crippen molar-refractivity contribution >= 4 is 52.1 Å². The second-order valence-corrected chi connectivity index (χ2v) is 14.3. The maximum atomic E-state index is 12.5. The molecule has 0 bridgehead atoms. The number of piperazine rings is 1. The van der Waals surface area contributed by atoms with Crippen molar-refractivity contribution in [2.45, 2.75) is 25.8 Å². The highest BCUT2D eigenvalue weighted by Crippen LogP contribution is 2.23. The number of hydrogen-bond donors (Lipinski definition) is 7. The van der Waals surface area contributed by atoms with Gasteiger partial charge in [0, 0.05) is 112 Å². The molecule has 336 valence electrons. The quantitative estimate of drug-likeness (QED) is 0.0285. The summed E-state index contributed by atoms with van der Waals surface area (Å²) in [5.74, 6) is 1.57. The number of rotatable bonds is 27. The first-order chi connectivity index (χ1) is 30.9. The van der Waals surface area contributed by atoms with Gasteiger partial charge in [-0.3, -0.25) is 15.0 Å². The maximum Gasteiger partial charge on any atom is 0.254 e. The van der Waals surface area contributed by atoms with Crippen molar-refractivity contribution in [1.29, 1.82) is 5.41 Å². The van der Waals surface area contributed by atoms with E-state index in [0.717, 1.165) is 42.5 Å². The number of ether oxygens (including phenoxy) is 4. The van der Waals surface area contributed by atoms with E-state index in [1.165, 1.54) is 18.7 Å². The molecule has 0 aromatic carbocycles. The monoisotopic (exact) mass is 868 g/mol. The minimum absolute atomic E-state index is 0.0847. The molecule has 9 N–H and O–H groups in total. The van der Waals surface area contributed by atoms with Crippen molar-refractivity contribution in [3.63, 3.8) is 0 Å². The number of fused-ring (bicyclic) bond motifs is 1. The molecule has 6 heterocycles. The van der Waals surface area contributed by atoms with Crippen LogP contribution in [0.5, 0.6) is 0 Å². The summed E-state index contributed by atoms with van der Waals surface area (Å²) >= 11 is 0. The molecule has 1 aliphatic heterocycles. The Balaban J connectivity index is 0.700. The molecule has 0 radical (unpaired) electrons. The molecular formula is C41H56N16O6. The molecule has 0 aliphatic carbocycles. The van der Waals surface area contributed by atoms with Crippen molar-refractivity contribution in [3.05, 3.63) is 77.9 Å². The van der Waals surface area contributed by atoms with E-state index < -0.39 is 0 Å². The van der Waals surface area contributed by atoms with Crippen molar-refractivity contribution < 1.29 is 28.5 Å². The van der Waals surface area contributed by atoms with Crippen LogP contribution in [0.3, 0.4) is 0 Å². The van der Waals surface area contributed by atoms with Gasteiger partial charge in [-0.05, 0) is 25.0 Å². The van der Waals surface area contributed by atoms with Gasteiger partial charge in [-0.15, -0.1) is 0 Å². The third-order valence-corrected chi connectivity index (χ3v) is 9.83. The summed E-state index contributed by atoms with van der Waals surface area (Å²) in [7, 11) is 0. The number of H-pyrrole nitrogens is 1. The van der Waals surface area contributed by atoms with Crippen LogP contribution >= 0.6 is 0 Å². The Morgan fingerprint density at radius 2 is 1.32 bits per heavy atom. The minimum Gasteiger partial charge on any atom is -0.383 e. The smallest absolute Gasteiger partial charge is 0.254 e. The second kappa shape index (κ2) is 24.8. The standard InChI is InChI=1S/C41H56N16O6/c42-22-29-23-50-40(51-24-29)56-9-11-57(12-10-56)41-52-26-32(27-53-41)39(59)48-8-14-61-16-18-63-20-19-62-17-15-60-13-4-33(58)45-5-1-2-6-46-38-34(36(44)54-28-55-38)35(43)31-21-30-3-7-47-37(30)49-25-31/h3,7,21,23-28,43H,1-2,4-6,8-20,22,42H2,(H,45,58)(H,47,49)(H,48,59)(H3,44,46,54,55). The molecule has 6 rings (SSSR count). The highest BCUT2D eigenvalue weighted by molar-refractivity contribution is 6.16. The molecule has 1 fully saturated rings. The Bertz CT molecular complexity index is 2180. The van der Waals surface area contributed by atoms with Gasteiger partial charge in [-0.1, -0.05) is 0 Å². The number of carbonyl (C=O) groups is 2. The summed E-state index contributed by atoms with van der Waals surface area (Å²) in [6.07, 6.45) is 13.1. The van der Waals surface area contributed by atoms with E-state index in [1.807, 2.05) is 12.1 Å². The van der Waals surface area contributed by atoms with E-state index in [2.05, 4.69) is 65.6 Å². The van der Waals surface area contributed by atoms with Crippen molar-refractivity contribution in [2.24, 2.45) is 5.73 Å². The largest absolute Gasteiger partial charge is 0.383 e. The fraction of sp³-hybridized carbons (Fsp3) is 0.463. The van der Waals surface area contributed by atoms with E-state index >= 15 is 0 Å². The van der Waals surface area contributed by atoms with Crippen LogP contribution in [0.4, 0.5) is 23.5 Å². The number of nitrogens with one attached hydrogen (secondary N) is 5. The molecule has 2 amide bonds. The molecule has 5 aromatic rings. The zero-order valence-corrected chi connectivity index (χ0v) is 35.3. The van der Waals surface area contributed by atoms with Crippen molar-refractivity contribution in [2.75, 3.05) is 120 Å². The topological polar surface area (TPSA) is 296 Å². The molecule has 0 atom stereocenters. The maximum absolute atomic E-state index is 12.5. The van der Waals surface area contributed by atoms with Crippen LogP contribution < -0.4 is 37.2 Å². The Morgan fingerprint density at radius 1 is 0.714 bits per heavy atom. The summed E-state index contributed by atoms with van der Waals surface area (Å²) in [4.78, 5) is 62.3. The minimum atomic E-state index is -0.271. The summed E-state index contributed by atoms with van der Waals surface area (Å²) < 4.78 is 22.1. The Labute approximate surface area is 364 Å². The van der Waals surface area contributed by atoms with Crippen molar-refractivity contribution in [3.8, 4) is 0 Å². The first-order valence-electron chi connectivity index (χ1n) is 20.9. The Kier molecular flexibility index (Phi) is 18.2. The van der Waals surface area contributed by atoms with Crippen LogP contribution in [0.15, 0.2) is 55.6 Å². The zero-order valence-electron chi connectivity index (χ0n) is 35.3. The lowest BCUT2D eigenvalue weighted by atomic mass is 10.0. The van der Waals surface area contributed by atoms with Crippen molar-refractivity contribution in [1.82, 2.24) is 50.5 Å². The molecule has 0 unspecified atom stereocenters. The number of unbranched alkanes of at least 4 members (excludes halogenated alkanes) is 1. The lowest BCUT2D eigenvalue weighted by Gasteiger charge is -2.34. The summed E-state index contributed by atoms with van der Waals surface area (Å²) in [5, 5.41) is 18.6. The molecule has 22 heteroatoms. The fourth-order valence-corrected chi connectivity index (χ4v) is 6.36. The van der Waals surface area contributed by atoms with Gasteiger partial charge >= 0.3 is 0 Å². The molecule has 5 aromatic heterocycles. The average Bonchev–Trinajstić information content (AvgIpc) is 3.80. The van der Waals surface area contributed by atoms with Gasteiger partial charge < -0.3 is 61.1 Å². The van der Waals surface area contributed by atoms with E-state index in [0.29, 0.717) is 127 Å². The molecule has 1 aliphatic rings. The fourth-order valence-electron chi connectivity index (χ4n) is 6.36. The van der Waals surface area contributed by atoms with Crippen LogP contribution in [0.2, 0.25) is 0 Å². The van der Waals surface area contributed by atoms with E-state index in [9.17, 15) is 9.59 Å². The number of nitrogens with zero attached hydrogens (tertiary/aromatic N) is 9. The van der Waals surface area contributed by atoms with Gasteiger partial charge in [-0.25, -0.2) is 34.9 Å². The first-order valence-corrected chi connectivity index (χ1v) is 20.9. The van der Waals surface area contributed by atoms with E-state index in [4.69, 9.17) is 35.8 Å². The number of aromatic amines is 1. The van der Waals surface area contributed by atoms with Gasteiger partial charge in [0.1, 0.15) is 23.6 Å². The molecule has 1 saturated heterocycles. The molecule has 22 nitrogen and oxygen atoms in total. The highest BCUT2D eigenvalue weighted by Gasteiger charge is 2.21. The van der Waals surface area contributed by atoms with E-state index in [-0.39, 0.29) is 29.8 Å². The lowest BCUT2D eigenvalue weighted by Crippen LogP contribution is -2.47. The third-order valence-electron chi connectivity index (χ3n) is 9.83. The average molecular weight is 869 g/mol. The predicted molar refractivity (Wildman–Crippen MR) is 236 cm³/mol. The van der Waals surface area contributed by atoms with Crippen LogP contribution in [-0.2, 0) is 30.3 Å². The SMILES string of the molecule is N=C(c1cnc2[nH]ccc2c1)c1c(N)ncnc1NCCCCNC(=O)CCOCCOCCOCCOCCNC(=O)c1cnc(N2CCN(c3ncc(CN)cn3)CC2)nc1. The van der Waals surface area contributed by atoms with Gasteiger partial charge in [0.2, 0.25) is 17.8 Å².